The van der Waals surface area contributed by atoms with Gasteiger partial charge in [-0.2, -0.15) is 4.98 Å². The molecular weight excluding hydrogens is 365 g/mol. The van der Waals surface area contributed by atoms with E-state index in [1.54, 1.807) is 35.9 Å². The van der Waals surface area contributed by atoms with Gasteiger partial charge in [0.2, 0.25) is 5.78 Å². The van der Waals surface area contributed by atoms with Gasteiger partial charge in [0.1, 0.15) is 5.82 Å². The number of aryl methyl sites for hydroxylation is 2. The number of hydrogen-bond acceptors (Lipinski definition) is 4. The summed E-state index contributed by atoms with van der Waals surface area (Å²) in [5, 5.41) is 0. The monoisotopic (exact) mass is 383 g/mol. The molecule has 9 heteroatoms. The highest BCUT2D eigenvalue weighted by Gasteiger charge is 2.24. The standard InChI is InChI=1S/C19H18FN5O3/c1-10-9-23-15-16(21-18(23)24(10)14-8-6-5-7-13(14)20)22(4)19(28)25(17(15)27)11(2)12(3)26/h5-9,11H,1-4H3/t11-/m0/s1. The molecule has 0 fully saturated rings. The van der Waals surface area contributed by atoms with Crippen molar-refractivity contribution in [1.29, 1.82) is 0 Å². The summed E-state index contributed by atoms with van der Waals surface area (Å²) < 4.78 is 19.6. The molecule has 0 aliphatic rings. The molecule has 0 spiro atoms. The number of fused-ring (bicyclic) bond motifs is 3. The lowest BCUT2D eigenvalue weighted by molar-refractivity contribution is -0.119. The molecule has 28 heavy (non-hydrogen) atoms. The van der Waals surface area contributed by atoms with Gasteiger partial charge in [-0.05, 0) is 32.9 Å². The lowest BCUT2D eigenvalue weighted by atomic mass is 10.2. The zero-order chi connectivity index (χ0) is 20.3. The Kier molecular flexibility index (Phi) is 3.84. The van der Waals surface area contributed by atoms with Crippen LogP contribution in [0, 0.1) is 12.7 Å². The van der Waals surface area contributed by atoms with Gasteiger partial charge in [0.25, 0.3) is 5.56 Å². The molecule has 8 nitrogen and oxygen atoms in total. The van der Waals surface area contributed by atoms with Crippen molar-refractivity contribution in [1.82, 2.24) is 23.1 Å². The molecule has 144 valence electrons. The van der Waals surface area contributed by atoms with Gasteiger partial charge in [0.15, 0.2) is 16.9 Å². The lowest BCUT2D eigenvalue weighted by Crippen LogP contribution is -2.42. The molecule has 0 saturated heterocycles. The van der Waals surface area contributed by atoms with Crippen LogP contribution in [0.3, 0.4) is 0 Å². The van der Waals surface area contributed by atoms with Gasteiger partial charge in [-0.3, -0.25) is 23.1 Å². The summed E-state index contributed by atoms with van der Waals surface area (Å²) in [6, 6.07) is 5.33. The number of Topliss-reactive ketones (excluding diaryl/α,β-unsaturated/α-hetero) is 1. The highest BCUT2D eigenvalue weighted by Crippen LogP contribution is 2.22. The number of carbonyl (C=O) groups is 1. The van der Waals surface area contributed by atoms with Crippen LogP contribution in [0.15, 0.2) is 40.1 Å². The van der Waals surface area contributed by atoms with Crippen molar-refractivity contribution >= 4 is 22.7 Å². The Morgan fingerprint density at radius 2 is 1.89 bits per heavy atom. The molecule has 4 aromatic rings. The first-order chi connectivity index (χ1) is 13.2. The van der Waals surface area contributed by atoms with Gasteiger partial charge in [-0.1, -0.05) is 12.1 Å². The molecule has 0 aliphatic heterocycles. The van der Waals surface area contributed by atoms with Gasteiger partial charge in [0, 0.05) is 18.9 Å². The maximum absolute atomic E-state index is 14.4. The van der Waals surface area contributed by atoms with Crippen LogP contribution in [0.5, 0.6) is 0 Å². The fourth-order valence-electron chi connectivity index (χ4n) is 3.43. The number of para-hydroxylation sites is 1. The van der Waals surface area contributed by atoms with Crippen molar-refractivity contribution in [2.45, 2.75) is 26.8 Å². The highest BCUT2D eigenvalue weighted by atomic mass is 19.1. The Morgan fingerprint density at radius 3 is 2.54 bits per heavy atom. The van der Waals surface area contributed by atoms with Gasteiger partial charge in [-0.25, -0.2) is 13.8 Å². The zero-order valence-electron chi connectivity index (χ0n) is 15.8. The van der Waals surface area contributed by atoms with Crippen LogP contribution in [-0.2, 0) is 11.8 Å². The van der Waals surface area contributed by atoms with E-state index in [4.69, 9.17) is 0 Å². The summed E-state index contributed by atoms with van der Waals surface area (Å²) >= 11 is 0. The van der Waals surface area contributed by atoms with Crippen molar-refractivity contribution in [3.05, 3.63) is 62.8 Å². The Hall–Kier alpha value is -3.49. The quantitative estimate of drug-likeness (QED) is 0.539. The van der Waals surface area contributed by atoms with Crippen LogP contribution in [0.1, 0.15) is 25.6 Å². The van der Waals surface area contributed by atoms with Crippen LogP contribution >= 0.6 is 0 Å². The van der Waals surface area contributed by atoms with E-state index < -0.39 is 23.1 Å². The summed E-state index contributed by atoms with van der Waals surface area (Å²) in [5.41, 5.74) is 0.0289. The molecule has 1 aromatic carbocycles. The third-order valence-corrected chi connectivity index (χ3v) is 5.04. The number of aromatic nitrogens is 5. The highest BCUT2D eigenvalue weighted by molar-refractivity contribution is 5.81. The number of carbonyl (C=O) groups excluding carboxylic acids is 1. The largest absolute Gasteiger partial charge is 0.333 e. The number of benzene rings is 1. The summed E-state index contributed by atoms with van der Waals surface area (Å²) in [5.74, 6) is -0.440. The third kappa shape index (κ3) is 2.29. The number of hydrogen-bond donors (Lipinski definition) is 0. The summed E-state index contributed by atoms with van der Waals surface area (Å²) in [4.78, 5) is 42.0. The molecule has 4 rings (SSSR count). The smallest absolute Gasteiger partial charge is 0.298 e. The molecule has 3 heterocycles. The van der Waals surface area contributed by atoms with Crippen LogP contribution in [-0.4, -0.2) is 28.9 Å². The van der Waals surface area contributed by atoms with Crippen molar-refractivity contribution in [2.24, 2.45) is 7.05 Å². The topological polar surface area (TPSA) is 83.3 Å². The van der Waals surface area contributed by atoms with E-state index in [0.717, 1.165) is 4.57 Å². The molecule has 0 saturated carbocycles. The number of rotatable bonds is 3. The number of imidazole rings is 2. The Balaban J connectivity index is 2.18. The SMILES string of the molecule is CC(=O)[C@H](C)n1c(=O)c2c(nc3n(-c4ccccc4F)c(C)cn23)n(C)c1=O. The predicted molar refractivity (Wildman–Crippen MR) is 102 cm³/mol. The Labute approximate surface area is 158 Å². The van der Waals surface area contributed by atoms with E-state index in [1.165, 1.54) is 35.9 Å². The zero-order valence-corrected chi connectivity index (χ0v) is 15.8. The second-order valence-corrected chi connectivity index (χ2v) is 6.81. The van der Waals surface area contributed by atoms with Crippen LogP contribution in [0.25, 0.3) is 22.6 Å². The van der Waals surface area contributed by atoms with Gasteiger partial charge < -0.3 is 0 Å². The molecule has 3 aromatic heterocycles. The maximum atomic E-state index is 14.4. The minimum absolute atomic E-state index is 0.156. The summed E-state index contributed by atoms with van der Waals surface area (Å²) in [6.07, 6.45) is 1.66. The van der Waals surface area contributed by atoms with Crippen LogP contribution in [0.2, 0.25) is 0 Å². The average Bonchev–Trinajstić information content (AvgIpc) is 3.15. The van der Waals surface area contributed by atoms with Gasteiger partial charge >= 0.3 is 5.69 Å². The second-order valence-electron chi connectivity index (χ2n) is 6.81. The molecule has 0 N–H and O–H groups in total. The lowest BCUT2D eigenvalue weighted by Gasteiger charge is -2.12. The first kappa shape index (κ1) is 17.9. The Bertz CT molecular complexity index is 1390. The first-order valence-corrected chi connectivity index (χ1v) is 8.71. The minimum Gasteiger partial charge on any atom is -0.298 e. The van der Waals surface area contributed by atoms with E-state index in [9.17, 15) is 18.8 Å². The molecular formula is C19H18FN5O3. The molecule has 0 amide bonds. The van der Waals surface area contributed by atoms with E-state index in [0.29, 0.717) is 11.5 Å². The fraction of sp³-hybridized carbons (Fsp3) is 0.263. The molecule has 0 aliphatic carbocycles. The Morgan fingerprint density at radius 1 is 1.21 bits per heavy atom. The van der Waals surface area contributed by atoms with E-state index >= 15 is 0 Å². The summed E-state index contributed by atoms with van der Waals surface area (Å²) in [7, 11) is 1.49. The van der Waals surface area contributed by atoms with Gasteiger partial charge in [0.05, 0.1) is 11.7 Å². The first-order valence-electron chi connectivity index (χ1n) is 8.71. The number of nitrogens with zero attached hydrogens (tertiary/aromatic N) is 5. The molecule has 1 atom stereocenters. The molecule has 0 radical (unpaired) electrons. The second kappa shape index (κ2) is 6.01. The van der Waals surface area contributed by atoms with E-state index in [1.807, 2.05) is 0 Å². The minimum atomic E-state index is -0.907. The predicted octanol–water partition coefficient (Wildman–Crippen LogP) is 1.74. The molecule has 0 bridgehead atoms. The maximum Gasteiger partial charge on any atom is 0.333 e. The van der Waals surface area contributed by atoms with Crippen molar-refractivity contribution in [2.75, 3.05) is 0 Å². The number of halogens is 1. The van der Waals surface area contributed by atoms with Crippen molar-refractivity contribution in [3.8, 4) is 5.69 Å². The third-order valence-electron chi connectivity index (χ3n) is 5.04. The molecule has 0 unspecified atom stereocenters. The normalized spacial score (nSPS) is 12.8. The van der Waals surface area contributed by atoms with Crippen molar-refractivity contribution < 1.29 is 9.18 Å². The van der Waals surface area contributed by atoms with Crippen LogP contribution in [0.4, 0.5) is 4.39 Å². The average molecular weight is 383 g/mol. The van der Waals surface area contributed by atoms with Crippen molar-refractivity contribution in [3.63, 3.8) is 0 Å². The fourth-order valence-corrected chi connectivity index (χ4v) is 3.43. The van der Waals surface area contributed by atoms with E-state index in [2.05, 4.69) is 4.98 Å². The number of ketones is 1. The van der Waals surface area contributed by atoms with Gasteiger partial charge in [-0.15, -0.1) is 0 Å². The van der Waals surface area contributed by atoms with Crippen LogP contribution < -0.4 is 11.2 Å². The van der Waals surface area contributed by atoms with E-state index in [-0.39, 0.29) is 22.6 Å². The summed E-state index contributed by atoms with van der Waals surface area (Å²) in [6.45, 7) is 4.60.